The summed E-state index contributed by atoms with van der Waals surface area (Å²) in [6.45, 7) is 11.9. The zero-order valence-corrected chi connectivity index (χ0v) is 53.9. The molecule has 3 aliphatic heterocycles. The normalized spacial score (nSPS) is 18.8. The maximum atomic E-state index is 13.8. The summed E-state index contributed by atoms with van der Waals surface area (Å²) in [5, 5.41) is 62.9. The van der Waals surface area contributed by atoms with Gasteiger partial charge in [0.2, 0.25) is 12.2 Å². The molecule has 1 saturated heterocycles. The minimum absolute atomic E-state index is 0.000434. The van der Waals surface area contributed by atoms with Gasteiger partial charge in [-0.05, 0) is 104 Å². The van der Waals surface area contributed by atoms with Gasteiger partial charge in [0.25, 0.3) is 17.7 Å². The van der Waals surface area contributed by atoms with Gasteiger partial charge in [-0.25, -0.2) is 24.4 Å². The number of carbonyl (C=O) groups is 7. The van der Waals surface area contributed by atoms with E-state index < -0.39 is 67.2 Å². The number of thiazole rings is 1. The summed E-state index contributed by atoms with van der Waals surface area (Å²) in [5.74, 6) is -3.56. The van der Waals surface area contributed by atoms with Gasteiger partial charge in [-0.2, -0.15) is 5.10 Å². The van der Waals surface area contributed by atoms with Gasteiger partial charge in [-0.15, -0.1) is 0 Å². The van der Waals surface area contributed by atoms with Gasteiger partial charge in [0.15, 0.2) is 16.9 Å². The Morgan fingerprint density at radius 3 is 2.39 bits per heavy atom. The van der Waals surface area contributed by atoms with E-state index in [4.69, 9.17) is 38.5 Å². The highest BCUT2D eigenvalue weighted by Crippen LogP contribution is 2.40. The van der Waals surface area contributed by atoms with Gasteiger partial charge < -0.3 is 69.1 Å². The molecule has 0 aliphatic carbocycles. The van der Waals surface area contributed by atoms with Gasteiger partial charge in [0.05, 0.1) is 42.3 Å². The van der Waals surface area contributed by atoms with Crippen LogP contribution in [0.25, 0.3) is 21.3 Å². The summed E-state index contributed by atoms with van der Waals surface area (Å²) in [5.41, 5.74) is 4.78. The summed E-state index contributed by atoms with van der Waals surface area (Å²) < 4.78 is 37.6. The number of rotatable bonds is 31. The maximum Gasteiger partial charge on any atom is 0.409 e. The van der Waals surface area contributed by atoms with Crippen molar-refractivity contribution in [1.82, 2.24) is 34.9 Å². The number of aromatic carboxylic acids is 1. The van der Waals surface area contributed by atoms with Crippen LogP contribution in [0.2, 0.25) is 0 Å². The van der Waals surface area contributed by atoms with Crippen LogP contribution in [0.4, 0.5) is 15.7 Å². The van der Waals surface area contributed by atoms with E-state index in [1.807, 2.05) is 65.9 Å². The number of imide groups is 1. The number of nitrogens with zero attached hydrogens (tertiary/aromatic N) is 7. The fourth-order valence-electron chi connectivity index (χ4n) is 11.8. The molecule has 6 aromatic rings. The largest absolute Gasteiger partial charge is 0.491 e. The van der Waals surface area contributed by atoms with Crippen LogP contribution in [0.1, 0.15) is 96.6 Å². The molecule has 3 aromatic heterocycles. The summed E-state index contributed by atoms with van der Waals surface area (Å²) >= 11 is 1.40. The summed E-state index contributed by atoms with van der Waals surface area (Å²) in [7, 11) is 1.54. The second-order valence-electron chi connectivity index (χ2n) is 23.9. The number of benzene rings is 3. The molecule has 94 heavy (non-hydrogen) atoms. The fraction of sp³-hybridized carbons (Fsp3) is 0.455. The molecule has 5 amide bonds. The number of para-hydroxylation sites is 1. The number of carboxylic acid groups (broad SMARTS) is 2. The Hall–Kier alpha value is -8.90. The Morgan fingerprint density at radius 1 is 0.883 bits per heavy atom. The molecule has 6 heterocycles. The fourth-order valence-corrected chi connectivity index (χ4v) is 12.7. The van der Waals surface area contributed by atoms with Crippen molar-refractivity contribution in [3.63, 3.8) is 0 Å². The Morgan fingerprint density at radius 2 is 1.66 bits per heavy atom. The smallest absolute Gasteiger partial charge is 0.409 e. The monoisotopic (exact) mass is 1320 g/mol. The lowest BCUT2D eigenvalue weighted by molar-refractivity contribution is -0.271. The summed E-state index contributed by atoms with van der Waals surface area (Å²) in [4.78, 5) is 102. The molecule has 28 heteroatoms. The molecule has 9 rings (SSSR count). The van der Waals surface area contributed by atoms with Crippen LogP contribution >= 0.6 is 11.3 Å². The number of nitrogens with one attached hydrogen (secondary N) is 2. The van der Waals surface area contributed by atoms with Gasteiger partial charge >= 0.3 is 18.0 Å². The first-order chi connectivity index (χ1) is 45.0. The van der Waals surface area contributed by atoms with E-state index in [0.717, 1.165) is 56.9 Å². The topological polar surface area (TPSA) is 353 Å². The van der Waals surface area contributed by atoms with Gasteiger partial charge in [0, 0.05) is 98.9 Å². The average Bonchev–Trinajstić information content (AvgIpc) is 1.25. The number of carbonyl (C=O) groups excluding carboxylic acids is 5. The first-order valence-corrected chi connectivity index (χ1v) is 31.9. The van der Waals surface area contributed by atoms with E-state index in [2.05, 4.69) is 36.4 Å². The van der Waals surface area contributed by atoms with Gasteiger partial charge in [-0.3, -0.25) is 34.1 Å². The predicted octanol–water partition coefficient (Wildman–Crippen LogP) is 5.98. The van der Waals surface area contributed by atoms with Crippen molar-refractivity contribution in [1.29, 1.82) is 0 Å². The molecule has 0 saturated carbocycles. The number of carboxylic acids is 2. The van der Waals surface area contributed by atoms with E-state index in [1.165, 1.54) is 41.5 Å². The molecular weight excluding hydrogens is 1240 g/mol. The molecular formula is C66H79N9O18S. The van der Waals surface area contributed by atoms with Crippen LogP contribution in [0.5, 0.6) is 11.5 Å². The number of likely N-dealkylation sites (N-methyl/N-ethyl adjacent to an activating group) is 1. The molecule has 0 spiro atoms. The molecule has 7 N–H and O–H groups in total. The Kier molecular flexibility index (Phi) is 23.2. The quantitative estimate of drug-likeness (QED) is 0.0194. The molecule has 1 fully saturated rings. The number of ether oxygens (including phenoxy) is 6. The van der Waals surface area contributed by atoms with Crippen LogP contribution < -0.4 is 25.0 Å². The van der Waals surface area contributed by atoms with E-state index in [1.54, 1.807) is 18.3 Å². The summed E-state index contributed by atoms with van der Waals surface area (Å²) in [6.07, 6.45) is -3.92. The van der Waals surface area contributed by atoms with Crippen LogP contribution in [-0.4, -0.2) is 193 Å². The van der Waals surface area contributed by atoms with Crippen molar-refractivity contribution >= 4 is 74.2 Å². The third-order valence-corrected chi connectivity index (χ3v) is 17.7. The van der Waals surface area contributed by atoms with Crippen LogP contribution in [0.15, 0.2) is 91.1 Å². The second-order valence-corrected chi connectivity index (χ2v) is 24.9. The Balaban J connectivity index is 0.783. The molecule has 3 aromatic carbocycles. The predicted molar refractivity (Wildman–Crippen MR) is 342 cm³/mol. The van der Waals surface area contributed by atoms with E-state index in [0.29, 0.717) is 66.0 Å². The minimum Gasteiger partial charge on any atom is -0.491 e. The Bertz CT molecular complexity index is 3710. The molecule has 27 nitrogen and oxygen atoms in total. The summed E-state index contributed by atoms with van der Waals surface area (Å²) in [6, 6.07) is 21.3. The third kappa shape index (κ3) is 17.1. The highest BCUT2D eigenvalue weighted by molar-refractivity contribution is 7.22. The van der Waals surface area contributed by atoms with Gasteiger partial charge in [-0.1, -0.05) is 56.4 Å². The number of pyridine rings is 1. The molecule has 2 unspecified atom stereocenters. The number of hydrogen-bond donors (Lipinski definition) is 7. The molecule has 0 bridgehead atoms. The first kappa shape index (κ1) is 69.4. The molecule has 7 atom stereocenters. The van der Waals surface area contributed by atoms with Crippen LogP contribution in [-0.2, 0) is 64.2 Å². The highest BCUT2D eigenvalue weighted by atomic mass is 32.1. The Labute approximate surface area is 546 Å². The van der Waals surface area contributed by atoms with Crippen molar-refractivity contribution in [3.05, 3.63) is 125 Å². The highest BCUT2D eigenvalue weighted by Gasteiger charge is 2.48. The number of anilines is 2. The van der Waals surface area contributed by atoms with Crippen LogP contribution in [0, 0.1) is 18.3 Å². The standard InChI is InChI=1S/C66H79N9O18S/c1-7-66(32-38(2)3,37-75-40(5)46(34-68-75)44-17-18-51(70-55(44)61(83)84)73-24-21-41-11-10-12-45(47(41)35-73)60(82)71-64-69-48-13-8-9-14-50(48)94-64)33-39(4)89-28-26-72(6)65(87)91-36-42-15-16-43(31-49(42)92-63-58(81)56(79)57(80)59(93-63)62(85)86)90-30-29-88-27-23-67-52(76)22-25-74-53(77)19-20-54(74)78/h8-20,31,34,38-39,56-59,63,79-81H,7,21-30,32-33,35-37H2,1-6H3,(H,67,76)(H,83,84)(H,85,86)(H,69,71,82)/t39?,56-,57-,58+,59-,63+,66?/m0/s1. The SMILES string of the molecule is CCC(CC(C)C)(CC(C)OCCN(C)C(=O)OCc1ccc(OCCOCCNC(=O)CCN2C(=O)C=CC2=O)cc1O[C@@H]1O[C@H](C(=O)O)[C@@H](O)[C@H](O)[C@H]1O)Cn1ncc(-c2ccc(N3CCc4cccc(C(=O)Nc5nc6ccccc6s5)c4C3)nc2C(=O)O)c1C. The third-order valence-electron chi connectivity index (χ3n) is 16.7. The number of aliphatic hydroxyl groups excluding tert-OH is 3. The van der Waals surface area contributed by atoms with Crippen molar-refractivity contribution in [2.75, 3.05) is 69.9 Å². The number of amides is 5. The zero-order chi connectivity index (χ0) is 67.4. The number of aromatic nitrogens is 4. The van der Waals surface area contributed by atoms with Gasteiger partial charge in [0.1, 0.15) is 48.8 Å². The van der Waals surface area contributed by atoms with E-state index in [-0.39, 0.29) is 98.6 Å². The van der Waals surface area contributed by atoms with Crippen LogP contribution in [0.3, 0.4) is 0 Å². The molecule has 502 valence electrons. The minimum atomic E-state index is -1.98. The number of aliphatic carboxylic acids is 1. The molecule has 3 aliphatic rings. The zero-order valence-electron chi connectivity index (χ0n) is 53.1. The van der Waals surface area contributed by atoms with Crippen molar-refractivity contribution in [2.24, 2.45) is 11.3 Å². The lowest BCUT2D eigenvalue weighted by Crippen LogP contribution is -2.61. The first-order valence-electron chi connectivity index (χ1n) is 31.0. The van der Waals surface area contributed by atoms with E-state index in [9.17, 15) is 59.1 Å². The van der Waals surface area contributed by atoms with Crippen molar-refractivity contribution in [3.8, 4) is 22.6 Å². The lowest BCUT2D eigenvalue weighted by Gasteiger charge is -2.38. The average molecular weight is 1320 g/mol. The molecule has 0 radical (unpaired) electrons. The number of hydrogen-bond acceptors (Lipinski definition) is 21. The number of aliphatic hydroxyl groups is 3. The lowest BCUT2D eigenvalue weighted by atomic mass is 9.73. The number of fused-ring (bicyclic) bond motifs is 2. The maximum absolute atomic E-state index is 13.8. The van der Waals surface area contributed by atoms with Crippen molar-refractivity contribution in [2.45, 2.75) is 123 Å². The van der Waals surface area contributed by atoms with Crippen molar-refractivity contribution < 1.29 is 87.5 Å². The van der Waals surface area contributed by atoms with E-state index >= 15 is 0 Å². The second kappa shape index (κ2) is 31.4.